The number of unbranched alkanes of at least 4 members (excludes halogenated alkanes) is 5. The first-order valence-electron chi connectivity index (χ1n) is 11.6. The van der Waals surface area contributed by atoms with Crippen molar-refractivity contribution >= 4 is 35.0 Å². The maximum absolute atomic E-state index is 12.9. The van der Waals surface area contributed by atoms with E-state index in [1.807, 2.05) is 36.4 Å². The zero-order valence-electron chi connectivity index (χ0n) is 19.8. The Morgan fingerprint density at radius 1 is 1.06 bits per heavy atom. The van der Waals surface area contributed by atoms with Crippen LogP contribution in [0.2, 0.25) is 0 Å². The number of thioether (sulfide) groups is 1. The Morgan fingerprint density at radius 2 is 1.82 bits per heavy atom. The smallest absolute Gasteiger partial charge is 0.238 e. The van der Waals surface area contributed by atoms with E-state index in [1.165, 1.54) is 25.7 Å². The van der Waals surface area contributed by atoms with Crippen molar-refractivity contribution in [2.75, 3.05) is 30.2 Å². The maximum Gasteiger partial charge on any atom is 0.238 e. The lowest BCUT2D eigenvalue weighted by Crippen LogP contribution is -2.29. The molecule has 0 saturated carbocycles. The SMILES string of the molecule is CCCCCCCCC(=O)Nc1ccccc1[C@H]1SCC(=O)N1c1ccc(OC)cc1OC. The first-order chi connectivity index (χ1) is 16.1. The van der Waals surface area contributed by atoms with Crippen molar-refractivity contribution in [3.05, 3.63) is 48.0 Å². The standard InChI is InChI=1S/C26H34N2O4S/c1-4-5-6-7-8-9-14-24(29)27-21-13-11-10-12-20(21)26-28(25(30)18-33-26)22-16-15-19(31-2)17-23(22)32-3/h10-13,15-17,26H,4-9,14,18H2,1-3H3,(H,27,29)/t26-/m1/s1. The molecule has 7 heteroatoms. The van der Waals surface area contributed by atoms with Gasteiger partial charge < -0.3 is 14.8 Å². The molecule has 1 aliphatic heterocycles. The van der Waals surface area contributed by atoms with Crippen LogP contribution in [0, 0.1) is 0 Å². The van der Waals surface area contributed by atoms with E-state index in [0.29, 0.717) is 29.4 Å². The van der Waals surface area contributed by atoms with E-state index in [0.717, 1.165) is 24.1 Å². The second-order valence-electron chi connectivity index (χ2n) is 8.12. The third-order valence-corrected chi connectivity index (χ3v) is 6.97. The molecule has 0 bridgehead atoms. The highest BCUT2D eigenvalue weighted by atomic mass is 32.2. The number of carbonyl (C=O) groups excluding carboxylic acids is 2. The number of hydrogen-bond donors (Lipinski definition) is 1. The Hall–Kier alpha value is -2.67. The van der Waals surface area contributed by atoms with Crippen molar-refractivity contribution < 1.29 is 19.1 Å². The molecule has 2 amide bonds. The lowest BCUT2D eigenvalue weighted by Gasteiger charge is -2.27. The minimum Gasteiger partial charge on any atom is -0.497 e. The molecule has 0 radical (unpaired) electrons. The summed E-state index contributed by atoms with van der Waals surface area (Å²) in [4.78, 5) is 27.3. The van der Waals surface area contributed by atoms with Gasteiger partial charge in [0, 0.05) is 23.7 Å². The molecule has 2 aromatic carbocycles. The first kappa shape index (κ1) is 25.0. The molecule has 0 unspecified atom stereocenters. The van der Waals surface area contributed by atoms with Gasteiger partial charge in [0.1, 0.15) is 16.9 Å². The number of hydrogen-bond acceptors (Lipinski definition) is 5. The molecule has 0 aliphatic carbocycles. The Kier molecular flexibility index (Phi) is 9.48. The number of rotatable bonds is 12. The number of benzene rings is 2. The van der Waals surface area contributed by atoms with Crippen molar-refractivity contribution in [1.82, 2.24) is 0 Å². The summed E-state index contributed by atoms with van der Waals surface area (Å²) < 4.78 is 10.9. The Balaban J connectivity index is 1.75. The molecule has 1 atom stereocenters. The topological polar surface area (TPSA) is 67.9 Å². The average molecular weight is 471 g/mol. The predicted molar refractivity (Wildman–Crippen MR) is 135 cm³/mol. The third-order valence-electron chi connectivity index (χ3n) is 5.77. The van der Waals surface area contributed by atoms with Gasteiger partial charge in [0.2, 0.25) is 11.8 Å². The van der Waals surface area contributed by atoms with Crippen molar-refractivity contribution in [3.63, 3.8) is 0 Å². The summed E-state index contributed by atoms with van der Waals surface area (Å²) in [5.74, 6) is 1.61. The Bertz CT molecular complexity index is 950. The highest BCUT2D eigenvalue weighted by molar-refractivity contribution is 8.00. The van der Waals surface area contributed by atoms with Crippen LogP contribution in [0.15, 0.2) is 42.5 Å². The molecule has 1 fully saturated rings. The lowest BCUT2D eigenvalue weighted by atomic mass is 10.1. The van der Waals surface area contributed by atoms with Gasteiger partial charge in [-0.05, 0) is 24.6 Å². The fourth-order valence-corrected chi connectivity index (χ4v) is 5.21. The monoisotopic (exact) mass is 470 g/mol. The largest absolute Gasteiger partial charge is 0.497 e. The molecule has 1 aliphatic rings. The zero-order valence-corrected chi connectivity index (χ0v) is 20.6. The van der Waals surface area contributed by atoms with Gasteiger partial charge in [0.05, 0.1) is 25.7 Å². The molecule has 1 saturated heterocycles. The molecule has 1 N–H and O–H groups in total. The maximum atomic E-state index is 12.9. The summed E-state index contributed by atoms with van der Waals surface area (Å²) in [6.45, 7) is 2.20. The summed E-state index contributed by atoms with van der Waals surface area (Å²) in [6.07, 6.45) is 7.37. The molecular weight excluding hydrogens is 436 g/mol. The number of ether oxygens (including phenoxy) is 2. The van der Waals surface area contributed by atoms with E-state index in [1.54, 1.807) is 36.9 Å². The van der Waals surface area contributed by atoms with Gasteiger partial charge in [0.15, 0.2) is 0 Å². The number of methoxy groups -OCH3 is 2. The van der Waals surface area contributed by atoms with Crippen LogP contribution in [0.3, 0.4) is 0 Å². The van der Waals surface area contributed by atoms with E-state index in [4.69, 9.17) is 9.47 Å². The van der Waals surface area contributed by atoms with Crippen LogP contribution in [-0.2, 0) is 9.59 Å². The van der Waals surface area contributed by atoms with Crippen LogP contribution >= 0.6 is 11.8 Å². The lowest BCUT2D eigenvalue weighted by molar-refractivity contribution is -0.116. The van der Waals surface area contributed by atoms with Crippen molar-refractivity contribution in [3.8, 4) is 11.5 Å². The minimum absolute atomic E-state index is 0.00155. The normalized spacial score (nSPS) is 15.5. The molecule has 3 rings (SSSR count). The van der Waals surface area contributed by atoms with Crippen LogP contribution in [0.5, 0.6) is 11.5 Å². The summed E-state index contributed by atoms with van der Waals surface area (Å²) in [5.41, 5.74) is 2.34. The molecule has 2 aromatic rings. The van der Waals surface area contributed by atoms with E-state index in [9.17, 15) is 9.59 Å². The number of para-hydroxylation sites is 1. The van der Waals surface area contributed by atoms with Gasteiger partial charge in [-0.15, -0.1) is 11.8 Å². The van der Waals surface area contributed by atoms with Crippen LogP contribution in [0.1, 0.15) is 62.8 Å². The first-order valence-corrected chi connectivity index (χ1v) is 12.7. The van der Waals surface area contributed by atoms with Crippen LogP contribution in [-0.4, -0.2) is 31.8 Å². The highest BCUT2D eigenvalue weighted by Gasteiger charge is 2.37. The van der Waals surface area contributed by atoms with Crippen molar-refractivity contribution in [1.29, 1.82) is 0 Å². The fraction of sp³-hybridized carbons (Fsp3) is 0.462. The van der Waals surface area contributed by atoms with E-state index in [-0.39, 0.29) is 17.2 Å². The zero-order chi connectivity index (χ0) is 23.6. The van der Waals surface area contributed by atoms with E-state index in [2.05, 4.69) is 12.2 Å². The molecule has 0 aromatic heterocycles. The highest BCUT2D eigenvalue weighted by Crippen LogP contribution is 2.47. The second kappa shape index (κ2) is 12.5. The number of carbonyl (C=O) groups is 2. The van der Waals surface area contributed by atoms with Crippen LogP contribution in [0.4, 0.5) is 11.4 Å². The van der Waals surface area contributed by atoms with Gasteiger partial charge in [-0.1, -0.05) is 57.2 Å². The summed E-state index contributed by atoms with van der Waals surface area (Å²) >= 11 is 1.54. The van der Waals surface area contributed by atoms with Gasteiger partial charge in [0.25, 0.3) is 0 Å². The predicted octanol–water partition coefficient (Wildman–Crippen LogP) is 6.17. The second-order valence-corrected chi connectivity index (χ2v) is 9.19. The number of nitrogens with one attached hydrogen (secondary N) is 1. The van der Waals surface area contributed by atoms with Gasteiger partial charge >= 0.3 is 0 Å². The van der Waals surface area contributed by atoms with Gasteiger partial charge in [-0.3, -0.25) is 14.5 Å². The molecule has 0 spiro atoms. The van der Waals surface area contributed by atoms with E-state index < -0.39 is 0 Å². The number of nitrogens with zero attached hydrogens (tertiary/aromatic N) is 1. The van der Waals surface area contributed by atoms with E-state index >= 15 is 0 Å². The average Bonchev–Trinajstić information content (AvgIpc) is 3.22. The quantitative estimate of drug-likeness (QED) is 0.376. The number of anilines is 2. The molecule has 6 nitrogen and oxygen atoms in total. The molecule has 178 valence electrons. The molecule has 33 heavy (non-hydrogen) atoms. The molecule has 1 heterocycles. The molecular formula is C26H34N2O4S. The van der Waals surface area contributed by atoms with Gasteiger partial charge in [-0.2, -0.15) is 0 Å². The Morgan fingerprint density at radius 3 is 2.58 bits per heavy atom. The minimum atomic E-state index is -0.259. The summed E-state index contributed by atoms with van der Waals surface area (Å²) in [7, 11) is 3.18. The van der Waals surface area contributed by atoms with Crippen molar-refractivity contribution in [2.45, 2.75) is 57.2 Å². The van der Waals surface area contributed by atoms with Crippen LogP contribution < -0.4 is 19.7 Å². The fourth-order valence-electron chi connectivity index (χ4n) is 4.00. The van der Waals surface area contributed by atoms with Crippen molar-refractivity contribution in [2.24, 2.45) is 0 Å². The summed E-state index contributed by atoms with van der Waals surface area (Å²) in [5, 5.41) is 2.82. The van der Waals surface area contributed by atoms with Gasteiger partial charge in [-0.25, -0.2) is 0 Å². The van der Waals surface area contributed by atoms with Crippen LogP contribution in [0.25, 0.3) is 0 Å². The number of amides is 2. The summed E-state index contributed by atoms with van der Waals surface area (Å²) in [6, 6.07) is 13.2. The third kappa shape index (κ3) is 6.44. The Labute approximate surface area is 201 Å².